The molecule has 1 aromatic heterocycles. The highest BCUT2D eigenvalue weighted by Crippen LogP contribution is 2.26. The number of carboxylic acids is 1. The summed E-state index contributed by atoms with van der Waals surface area (Å²) in [6, 6.07) is -8.74. The van der Waals surface area contributed by atoms with Crippen LogP contribution in [0.4, 0.5) is 0 Å². The fraction of sp³-hybridized carbons (Fsp3) is 0.640. The Morgan fingerprint density at radius 3 is 1.47 bits per heavy atom. The lowest BCUT2D eigenvalue weighted by Gasteiger charge is -2.33. The SMILES string of the molecule is CSCC[C@@H](NC(=O)[C@@H](CS)NC(=O)[C@@H](CCCN=C(N)N)NC(=O)[C@H](CCCN=C(N)N)NC(=O)C1CCC(=O)N1)C(=O)N1CCC[C@@H]1C(=O)N[C@H](CC(C)C)C(=O)N[C@H](Cc1cnc[nH]1)C(=O)N[C@H](C)C(=O)N[C@H](CCCN=C(N)N)C(=O)N[C@@H](C(=O)N1CCC[C@@H]1C(=O)N[C@H](Cc1ccccc1)C(=O)N1CCC[C@@H]1C(=O)O)C(C)C. The number of thioether (sulfide) groups is 1. The number of nitrogens with zero attached hydrogens (tertiary/aromatic N) is 7. The summed E-state index contributed by atoms with van der Waals surface area (Å²) in [5.74, 6) is -12.8. The summed E-state index contributed by atoms with van der Waals surface area (Å²) in [4.78, 5) is 234. The standard InChI is InChI=1S/C75H119N25O16S2/c1-40(2)34-50(94-67(110)54-21-13-30-98(54)69(112)49(26-33-118-6)92-66(109)53(38-117)96-61(104)46(19-11-28-84-74(78)79)90-60(103)45(18-10-27-83-73(76)77)91-62(105)48-24-25-57(101)88-48)65(108)93-51(36-44-37-82-39-86-44)64(107)87-42(5)59(102)89-47(20-12-29-85-75(80)81)63(106)97-58(41(3)4)71(114)99-31-14-22-55(99)68(111)95-52(35-43-16-8-7-9-17-43)70(113)100-32-15-23-56(100)72(115)116/h7-9,16-17,37,39-42,45-56,58,117H,10-15,18-36,38H2,1-6H3,(H,82,86)(H,87,107)(H,88,101)(H,89,102)(H,90,103)(H,91,105)(H,92,109)(H,93,108)(H,94,110)(H,95,111)(H,96,104)(H,97,106)(H,115,116)(H4,76,77,83)(H4,78,79,84)(H4,80,81,85)/t42-,45+,46-,47-,48?,49-,50-,51-,52-,53-,54-,55-,56-,58-/m1/s1. The van der Waals surface area contributed by atoms with Crippen LogP contribution < -0.4 is 92.9 Å². The van der Waals surface area contributed by atoms with Gasteiger partial charge >= 0.3 is 5.97 Å². The van der Waals surface area contributed by atoms with Gasteiger partial charge in [0, 0.05) is 76.2 Å². The number of nitrogens with two attached hydrogens (primary N) is 6. The Bertz CT molecular complexity index is 3880. The van der Waals surface area contributed by atoms with Crippen molar-refractivity contribution in [1.29, 1.82) is 0 Å². The lowest BCUT2D eigenvalue weighted by molar-refractivity contribution is -0.150. The molecule has 1 aromatic carbocycles. The monoisotopic (exact) mass is 1690 g/mol. The molecule has 41 nitrogen and oxygen atoms in total. The van der Waals surface area contributed by atoms with E-state index in [2.05, 4.69) is 96.1 Å². The van der Waals surface area contributed by atoms with E-state index in [0.717, 1.165) is 0 Å². The molecule has 1 unspecified atom stereocenters. The third kappa shape index (κ3) is 30.2. The molecule has 4 fully saturated rings. The number of imidazole rings is 1. The number of aliphatic carboxylic acids is 1. The molecule has 6 rings (SSSR count). The van der Waals surface area contributed by atoms with Crippen LogP contribution in [-0.2, 0) is 84.8 Å². The van der Waals surface area contributed by atoms with Crippen LogP contribution >= 0.6 is 24.4 Å². The highest BCUT2D eigenvalue weighted by molar-refractivity contribution is 7.98. The fourth-order valence-electron chi connectivity index (χ4n) is 14.2. The first-order valence-corrected chi connectivity index (χ1v) is 41.9. The van der Waals surface area contributed by atoms with Crippen LogP contribution in [0.15, 0.2) is 57.8 Å². The molecule has 43 heteroatoms. The van der Waals surface area contributed by atoms with E-state index in [9.17, 15) is 77.0 Å². The van der Waals surface area contributed by atoms with Gasteiger partial charge in [0.05, 0.1) is 6.33 Å². The van der Waals surface area contributed by atoms with Gasteiger partial charge in [0.15, 0.2) is 17.9 Å². The molecule has 0 spiro atoms. The average Bonchev–Trinajstić information content (AvgIpc) is 1.66. The zero-order valence-corrected chi connectivity index (χ0v) is 69.4. The van der Waals surface area contributed by atoms with Crippen molar-refractivity contribution in [3.8, 4) is 0 Å². The van der Waals surface area contributed by atoms with Gasteiger partial charge in [-0.2, -0.15) is 24.4 Å². The van der Waals surface area contributed by atoms with Gasteiger partial charge in [-0.05, 0) is 133 Å². The smallest absolute Gasteiger partial charge is 0.326 e. The molecule has 4 saturated heterocycles. The van der Waals surface area contributed by atoms with Crippen LogP contribution in [0.2, 0.25) is 0 Å². The van der Waals surface area contributed by atoms with Crippen molar-refractivity contribution in [2.75, 3.05) is 57.0 Å². The highest BCUT2D eigenvalue weighted by Gasteiger charge is 2.45. The molecule has 0 saturated carbocycles. The van der Waals surface area contributed by atoms with E-state index in [1.165, 1.54) is 45.9 Å². The molecule has 14 amide bonds. The van der Waals surface area contributed by atoms with E-state index in [0.29, 0.717) is 36.3 Å². The van der Waals surface area contributed by atoms with Crippen molar-refractivity contribution in [3.63, 3.8) is 0 Å². The number of hydrogen-bond acceptors (Lipinski definition) is 21. The van der Waals surface area contributed by atoms with Crippen molar-refractivity contribution in [2.45, 2.75) is 235 Å². The van der Waals surface area contributed by atoms with Crippen molar-refractivity contribution in [3.05, 3.63) is 54.1 Å². The maximum absolute atomic E-state index is 14.8. The number of guanidine groups is 3. The Hall–Kier alpha value is -11.0. The minimum atomic E-state index is -1.46. The predicted octanol–water partition coefficient (Wildman–Crippen LogP) is -5.06. The number of benzene rings is 1. The summed E-state index contributed by atoms with van der Waals surface area (Å²) in [6.45, 7) is 8.76. The molecule has 25 N–H and O–H groups in total. The number of H-pyrrole nitrogens is 1. The maximum atomic E-state index is 14.8. The van der Waals surface area contributed by atoms with Gasteiger partial charge in [-0.25, -0.2) is 9.78 Å². The summed E-state index contributed by atoms with van der Waals surface area (Å²) in [6.07, 6.45) is 6.78. The molecule has 4 aliphatic heterocycles. The number of carbonyl (C=O) groups is 15. The van der Waals surface area contributed by atoms with Crippen LogP contribution in [0.5, 0.6) is 0 Å². The molecule has 14 atom stereocenters. The average molecular weight is 1690 g/mol. The zero-order chi connectivity index (χ0) is 86.9. The molecule has 0 radical (unpaired) electrons. The lowest BCUT2D eigenvalue weighted by Crippen LogP contribution is -2.61. The van der Waals surface area contributed by atoms with Crippen LogP contribution in [0.3, 0.4) is 0 Å². The second-order valence-electron chi connectivity index (χ2n) is 30.4. The van der Waals surface area contributed by atoms with E-state index in [1.807, 2.05) is 0 Å². The van der Waals surface area contributed by atoms with Gasteiger partial charge in [-0.15, -0.1) is 0 Å². The minimum absolute atomic E-state index is 0.00404. The fourth-order valence-corrected chi connectivity index (χ4v) is 14.9. The molecule has 5 heterocycles. The van der Waals surface area contributed by atoms with Crippen molar-refractivity contribution < 1.29 is 77.0 Å². The van der Waals surface area contributed by atoms with Gasteiger partial charge in [0.1, 0.15) is 84.6 Å². The molecule has 4 aliphatic rings. The summed E-state index contributed by atoms with van der Waals surface area (Å²) < 4.78 is 0. The third-order valence-corrected chi connectivity index (χ3v) is 21.4. The predicted molar refractivity (Wildman–Crippen MR) is 441 cm³/mol. The van der Waals surface area contributed by atoms with E-state index in [1.54, 1.807) is 64.3 Å². The van der Waals surface area contributed by atoms with Crippen LogP contribution in [-0.4, -0.2) is 278 Å². The Labute approximate surface area is 695 Å². The number of rotatable bonds is 47. The third-order valence-electron chi connectivity index (χ3n) is 20.4. The first-order valence-electron chi connectivity index (χ1n) is 39.9. The molecule has 652 valence electrons. The number of aliphatic imine (C=N–C) groups is 3. The highest BCUT2D eigenvalue weighted by atomic mass is 32.2. The van der Waals surface area contributed by atoms with Gasteiger partial charge in [0.2, 0.25) is 82.7 Å². The number of carboxylic acid groups (broad SMARTS) is 1. The summed E-state index contributed by atoms with van der Waals surface area (Å²) >= 11 is 5.74. The van der Waals surface area contributed by atoms with Crippen LogP contribution in [0.1, 0.15) is 149 Å². The zero-order valence-electron chi connectivity index (χ0n) is 67.7. The summed E-state index contributed by atoms with van der Waals surface area (Å²) in [5.41, 5.74) is 34.4. The van der Waals surface area contributed by atoms with Gasteiger partial charge in [0.25, 0.3) is 0 Å². The Morgan fingerprint density at radius 1 is 0.525 bits per heavy atom. The quantitative estimate of drug-likeness (QED) is 0.0128. The van der Waals surface area contributed by atoms with Gasteiger partial charge < -0.3 is 118 Å². The molecule has 0 bridgehead atoms. The van der Waals surface area contributed by atoms with Crippen LogP contribution in [0, 0.1) is 11.8 Å². The number of aromatic nitrogens is 2. The van der Waals surface area contributed by atoms with Crippen molar-refractivity contribution >= 4 is 131 Å². The number of thiol groups is 1. The van der Waals surface area contributed by atoms with Crippen molar-refractivity contribution in [2.24, 2.45) is 61.2 Å². The number of carbonyl (C=O) groups excluding carboxylic acids is 14. The second-order valence-corrected chi connectivity index (χ2v) is 31.8. The van der Waals surface area contributed by atoms with Gasteiger partial charge in [-0.1, -0.05) is 58.0 Å². The Kier molecular flexibility index (Phi) is 39.0. The minimum Gasteiger partial charge on any atom is -0.480 e. The molecule has 0 aliphatic carbocycles. The van der Waals surface area contributed by atoms with Gasteiger partial charge in [-0.3, -0.25) is 82.1 Å². The van der Waals surface area contributed by atoms with Crippen LogP contribution in [0.25, 0.3) is 0 Å². The summed E-state index contributed by atoms with van der Waals surface area (Å²) in [7, 11) is 0. The lowest BCUT2D eigenvalue weighted by atomic mass is 10.0. The van der Waals surface area contributed by atoms with Crippen molar-refractivity contribution in [1.82, 2.24) is 83.2 Å². The molecule has 118 heavy (non-hydrogen) atoms. The Balaban J connectivity index is 1.13. The normalized spacial score (nSPS) is 18.9. The molecular weight excluding hydrogens is 1570 g/mol. The summed E-state index contributed by atoms with van der Waals surface area (Å²) in [5, 5.41) is 39.6. The number of hydrogen-bond donors (Lipinski definition) is 20. The van der Waals surface area contributed by atoms with E-state index < -0.39 is 173 Å². The number of nitrogens with one attached hydrogen (secondary N) is 12. The Morgan fingerprint density at radius 2 is 0.975 bits per heavy atom. The van der Waals surface area contributed by atoms with E-state index in [4.69, 9.17) is 34.4 Å². The number of aromatic amines is 1. The van der Waals surface area contributed by atoms with E-state index >= 15 is 0 Å². The second kappa shape index (κ2) is 48.0. The largest absolute Gasteiger partial charge is 0.480 e. The first kappa shape index (κ1) is 95.8. The molecular formula is C75H119N25O16S2. The number of amides is 14. The topological polar surface area (TPSA) is 640 Å². The maximum Gasteiger partial charge on any atom is 0.326 e. The number of likely N-dealkylation sites (tertiary alicyclic amines) is 3. The van der Waals surface area contributed by atoms with E-state index in [-0.39, 0.29) is 171 Å². The molecule has 2 aromatic rings. The first-order chi connectivity index (χ1) is 56.1.